The van der Waals surface area contributed by atoms with Crippen LogP contribution in [0.2, 0.25) is 0 Å². The number of hydrogen-bond donors (Lipinski definition) is 3. The zero-order chi connectivity index (χ0) is 17.8. The molecule has 0 aliphatic heterocycles. The van der Waals surface area contributed by atoms with Gasteiger partial charge in [0.05, 0.1) is 11.3 Å². The standard InChI is InChI=1S/C19H15NO5/c21-14-6-8-17(16(10-14)19(23)24)20-18(22)11-25-15-7-5-12-3-1-2-4-13(12)9-15/h1-10,21H,11H2,(H,20,22)(H,23,24). The molecule has 0 radical (unpaired) electrons. The number of nitrogens with one attached hydrogen (secondary N) is 1. The molecule has 1 amide bonds. The highest BCUT2D eigenvalue weighted by molar-refractivity contribution is 6.01. The fourth-order valence-electron chi connectivity index (χ4n) is 2.41. The number of phenolic OH excluding ortho intramolecular Hbond substituents is 1. The van der Waals surface area contributed by atoms with E-state index < -0.39 is 11.9 Å². The Balaban J connectivity index is 1.67. The monoisotopic (exact) mass is 337 g/mol. The zero-order valence-electron chi connectivity index (χ0n) is 13.1. The van der Waals surface area contributed by atoms with Crippen LogP contribution in [-0.4, -0.2) is 28.7 Å². The van der Waals surface area contributed by atoms with Crippen molar-refractivity contribution in [3.05, 3.63) is 66.2 Å². The van der Waals surface area contributed by atoms with Gasteiger partial charge in [-0.25, -0.2) is 4.79 Å². The van der Waals surface area contributed by atoms with E-state index in [0.29, 0.717) is 5.75 Å². The summed E-state index contributed by atoms with van der Waals surface area (Å²) in [6.07, 6.45) is 0. The maximum atomic E-state index is 12.0. The summed E-state index contributed by atoms with van der Waals surface area (Å²) in [7, 11) is 0. The molecule has 3 N–H and O–H groups in total. The third-order valence-electron chi connectivity index (χ3n) is 3.60. The van der Waals surface area contributed by atoms with E-state index in [1.54, 1.807) is 6.07 Å². The molecule has 0 bridgehead atoms. The summed E-state index contributed by atoms with van der Waals surface area (Å²) in [5.41, 5.74) is -0.100. The minimum Gasteiger partial charge on any atom is -0.508 e. The van der Waals surface area contributed by atoms with E-state index in [4.69, 9.17) is 9.84 Å². The summed E-state index contributed by atoms with van der Waals surface area (Å²) in [4.78, 5) is 23.2. The van der Waals surface area contributed by atoms with Crippen molar-refractivity contribution in [1.82, 2.24) is 0 Å². The minimum absolute atomic E-state index is 0.0948. The maximum Gasteiger partial charge on any atom is 0.337 e. The van der Waals surface area contributed by atoms with Gasteiger partial charge >= 0.3 is 5.97 Å². The van der Waals surface area contributed by atoms with Gasteiger partial charge in [-0.05, 0) is 41.1 Å². The number of carbonyl (C=O) groups is 2. The first kappa shape index (κ1) is 16.3. The molecule has 0 aliphatic rings. The second-order valence-corrected chi connectivity index (χ2v) is 5.38. The molecule has 25 heavy (non-hydrogen) atoms. The van der Waals surface area contributed by atoms with Crippen LogP contribution in [0.4, 0.5) is 5.69 Å². The Bertz CT molecular complexity index is 951. The average molecular weight is 337 g/mol. The molecule has 0 aromatic heterocycles. The molecule has 3 rings (SSSR count). The Morgan fingerprint density at radius 3 is 2.48 bits per heavy atom. The largest absolute Gasteiger partial charge is 0.508 e. The van der Waals surface area contributed by atoms with E-state index in [1.165, 1.54) is 12.1 Å². The lowest BCUT2D eigenvalue weighted by molar-refractivity contribution is -0.118. The van der Waals surface area contributed by atoms with Gasteiger partial charge in [0, 0.05) is 0 Å². The molecule has 0 unspecified atom stereocenters. The second kappa shape index (κ2) is 6.92. The average Bonchev–Trinajstić information content (AvgIpc) is 2.61. The van der Waals surface area contributed by atoms with Gasteiger partial charge in [-0.15, -0.1) is 0 Å². The van der Waals surface area contributed by atoms with Gasteiger partial charge in [-0.3, -0.25) is 4.79 Å². The van der Waals surface area contributed by atoms with E-state index in [0.717, 1.165) is 16.8 Å². The normalized spacial score (nSPS) is 10.4. The van der Waals surface area contributed by atoms with Gasteiger partial charge in [0.25, 0.3) is 5.91 Å². The number of fused-ring (bicyclic) bond motifs is 1. The van der Waals surface area contributed by atoms with Crippen molar-refractivity contribution < 1.29 is 24.5 Å². The highest BCUT2D eigenvalue weighted by Crippen LogP contribution is 2.22. The summed E-state index contributed by atoms with van der Waals surface area (Å²) in [5, 5.41) is 23.0. The van der Waals surface area contributed by atoms with Gasteiger partial charge in [0.1, 0.15) is 11.5 Å². The van der Waals surface area contributed by atoms with Crippen LogP contribution in [0.3, 0.4) is 0 Å². The Morgan fingerprint density at radius 1 is 0.960 bits per heavy atom. The van der Waals surface area contributed by atoms with Crippen molar-refractivity contribution >= 4 is 28.3 Å². The van der Waals surface area contributed by atoms with E-state index in [9.17, 15) is 14.7 Å². The first-order valence-corrected chi connectivity index (χ1v) is 7.51. The Labute approximate surface area is 143 Å². The van der Waals surface area contributed by atoms with Crippen LogP contribution in [-0.2, 0) is 4.79 Å². The van der Waals surface area contributed by atoms with Crippen LogP contribution >= 0.6 is 0 Å². The first-order chi connectivity index (χ1) is 12.0. The number of rotatable bonds is 5. The number of aromatic hydroxyl groups is 1. The number of phenols is 1. The van der Waals surface area contributed by atoms with E-state index in [-0.39, 0.29) is 23.6 Å². The van der Waals surface area contributed by atoms with E-state index in [1.807, 2.05) is 36.4 Å². The molecule has 6 nitrogen and oxygen atoms in total. The van der Waals surface area contributed by atoms with Gasteiger partial charge in [0.15, 0.2) is 6.61 Å². The number of ether oxygens (including phenoxy) is 1. The quantitative estimate of drug-likeness (QED) is 0.621. The number of carboxylic acid groups (broad SMARTS) is 1. The topological polar surface area (TPSA) is 95.9 Å². The van der Waals surface area contributed by atoms with Gasteiger partial charge < -0.3 is 20.3 Å². The fraction of sp³-hybridized carbons (Fsp3) is 0.0526. The number of anilines is 1. The van der Waals surface area contributed by atoms with Crippen LogP contribution in [0.15, 0.2) is 60.7 Å². The molecule has 0 saturated heterocycles. The predicted octanol–water partition coefficient (Wildman–Crippen LogP) is 3.26. The molecule has 0 spiro atoms. The lowest BCUT2D eigenvalue weighted by Crippen LogP contribution is -2.21. The second-order valence-electron chi connectivity index (χ2n) is 5.38. The number of hydrogen-bond acceptors (Lipinski definition) is 4. The Morgan fingerprint density at radius 2 is 1.72 bits per heavy atom. The smallest absolute Gasteiger partial charge is 0.337 e. The molecule has 0 saturated carbocycles. The summed E-state index contributed by atoms with van der Waals surface area (Å²) in [6.45, 7) is -0.266. The molecule has 0 atom stereocenters. The van der Waals surface area contributed by atoms with Crippen LogP contribution in [0.25, 0.3) is 10.8 Å². The van der Waals surface area contributed by atoms with Crippen LogP contribution in [0.5, 0.6) is 11.5 Å². The molecular weight excluding hydrogens is 322 g/mol. The van der Waals surface area contributed by atoms with Crippen molar-refractivity contribution in [1.29, 1.82) is 0 Å². The lowest BCUT2D eigenvalue weighted by Gasteiger charge is -2.10. The lowest BCUT2D eigenvalue weighted by atomic mass is 10.1. The van der Waals surface area contributed by atoms with Crippen molar-refractivity contribution in [2.45, 2.75) is 0 Å². The fourth-order valence-corrected chi connectivity index (χ4v) is 2.41. The van der Waals surface area contributed by atoms with Crippen molar-refractivity contribution in [2.24, 2.45) is 0 Å². The number of carbonyl (C=O) groups excluding carboxylic acids is 1. The van der Waals surface area contributed by atoms with Crippen molar-refractivity contribution in [3.63, 3.8) is 0 Å². The SMILES string of the molecule is O=C(COc1ccc2ccccc2c1)Nc1ccc(O)cc1C(=O)O. The molecule has 0 heterocycles. The van der Waals surface area contributed by atoms with E-state index >= 15 is 0 Å². The molecular formula is C19H15NO5. The minimum atomic E-state index is -1.25. The molecule has 3 aromatic carbocycles. The van der Waals surface area contributed by atoms with E-state index in [2.05, 4.69) is 5.32 Å². The Kier molecular flexibility index (Phi) is 4.52. The van der Waals surface area contributed by atoms with Crippen LogP contribution < -0.4 is 10.1 Å². The van der Waals surface area contributed by atoms with Gasteiger partial charge in [0.2, 0.25) is 0 Å². The number of carboxylic acids is 1. The molecule has 3 aromatic rings. The third kappa shape index (κ3) is 3.87. The molecule has 6 heteroatoms. The van der Waals surface area contributed by atoms with Crippen molar-refractivity contribution in [3.8, 4) is 11.5 Å². The summed E-state index contributed by atoms with van der Waals surface area (Å²) in [5.74, 6) is -1.40. The van der Waals surface area contributed by atoms with Gasteiger partial charge in [-0.1, -0.05) is 30.3 Å². The zero-order valence-corrected chi connectivity index (χ0v) is 13.1. The molecule has 126 valence electrons. The van der Waals surface area contributed by atoms with Crippen LogP contribution in [0, 0.1) is 0 Å². The Hall–Kier alpha value is -3.54. The number of amides is 1. The molecule has 0 aliphatic carbocycles. The van der Waals surface area contributed by atoms with Crippen LogP contribution in [0.1, 0.15) is 10.4 Å². The van der Waals surface area contributed by atoms with Gasteiger partial charge in [-0.2, -0.15) is 0 Å². The molecule has 0 fully saturated rings. The summed E-state index contributed by atoms with van der Waals surface area (Å²) >= 11 is 0. The van der Waals surface area contributed by atoms with Crippen molar-refractivity contribution in [2.75, 3.05) is 11.9 Å². The summed E-state index contributed by atoms with van der Waals surface area (Å²) < 4.78 is 5.46. The highest BCUT2D eigenvalue weighted by Gasteiger charge is 2.13. The first-order valence-electron chi connectivity index (χ1n) is 7.51. The number of benzene rings is 3. The maximum absolute atomic E-state index is 12.0. The highest BCUT2D eigenvalue weighted by atomic mass is 16.5. The third-order valence-corrected chi connectivity index (χ3v) is 3.60. The predicted molar refractivity (Wildman–Crippen MR) is 93.1 cm³/mol. The number of aromatic carboxylic acids is 1. The summed E-state index contributed by atoms with van der Waals surface area (Å²) in [6, 6.07) is 16.9.